The van der Waals surface area contributed by atoms with Crippen LogP contribution in [0.3, 0.4) is 0 Å². The minimum absolute atomic E-state index is 0.176. The van der Waals surface area contributed by atoms with Gasteiger partial charge in [-0.2, -0.15) is 0 Å². The van der Waals surface area contributed by atoms with Gasteiger partial charge < -0.3 is 10.6 Å². The van der Waals surface area contributed by atoms with E-state index < -0.39 is 13.9 Å². The Balaban J connectivity index is 2.51. The summed E-state index contributed by atoms with van der Waals surface area (Å²) in [5.74, 6) is -0.500. The highest BCUT2D eigenvalue weighted by atomic mass is 31.2. The van der Waals surface area contributed by atoms with Gasteiger partial charge in [0, 0.05) is 0 Å². The summed E-state index contributed by atoms with van der Waals surface area (Å²) >= 11 is 0. The van der Waals surface area contributed by atoms with Crippen LogP contribution in [0.2, 0.25) is 0 Å². The van der Waals surface area contributed by atoms with Crippen molar-refractivity contribution in [2.24, 2.45) is 5.73 Å². The molecule has 2 unspecified atom stereocenters. The molecule has 0 radical (unpaired) electrons. The summed E-state index contributed by atoms with van der Waals surface area (Å²) in [6.07, 6.45) is 0. The Hall–Kier alpha value is 0.0200. The first-order valence-electron chi connectivity index (χ1n) is 1.51. The first kappa shape index (κ1) is 4.19. The predicted octanol–water partition coefficient (Wildman–Crippen LogP) is -0.799. The normalized spacial score (nSPS) is 43.3. The summed E-state index contributed by atoms with van der Waals surface area (Å²) < 4.78 is 0. The Morgan fingerprint density at radius 3 is 2.17 bits per heavy atom. The van der Waals surface area contributed by atoms with E-state index in [-0.39, 0.29) is 5.52 Å². The van der Waals surface area contributed by atoms with E-state index in [1.807, 2.05) is 0 Å². The van der Waals surface area contributed by atoms with Crippen molar-refractivity contribution in [1.29, 1.82) is 0 Å². The molecular formula is C2H4NO2P. The van der Waals surface area contributed by atoms with E-state index >= 15 is 0 Å². The third-order valence-corrected chi connectivity index (χ3v) is 1.89. The molecule has 3 N–H and O–H groups in total. The van der Waals surface area contributed by atoms with Gasteiger partial charge in [0.25, 0.3) is 0 Å². The van der Waals surface area contributed by atoms with Crippen LogP contribution in [0, 0.1) is 0 Å². The summed E-state index contributed by atoms with van der Waals surface area (Å²) in [6.45, 7) is 0. The van der Waals surface area contributed by atoms with Crippen molar-refractivity contribution in [3.05, 3.63) is 0 Å². The third kappa shape index (κ3) is 0.365. The number of carbonyl (C=O) groups excluding carboxylic acids is 1. The van der Waals surface area contributed by atoms with E-state index in [0.717, 1.165) is 0 Å². The van der Waals surface area contributed by atoms with Gasteiger partial charge in [-0.25, -0.2) is 0 Å². The lowest BCUT2D eigenvalue weighted by Crippen LogP contribution is -1.99. The predicted molar refractivity (Wildman–Crippen MR) is 22.1 cm³/mol. The lowest BCUT2D eigenvalue weighted by atomic mass is 10.8. The lowest BCUT2D eigenvalue weighted by molar-refractivity contribution is -0.108. The standard InChI is InChI=1S/C2H4NO2P/c3-1-2(4)6(1)5/h1,5H,3H2. The zero-order valence-electron chi connectivity index (χ0n) is 2.96. The maximum atomic E-state index is 9.87. The summed E-state index contributed by atoms with van der Waals surface area (Å²) in [5.41, 5.74) is 4.76. The van der Waals surface area contributed by atoms with Crippen molar-refractivity contribution >= 4 is 13.7 Å². The van der Waals surface area contributed by atoms with Crippen molar-refractivity contribution in [3.63, 3.8) is 0 Å². The van der Waals surface area contributed by atoms with Gasteiger partial charge in [0.2, 0.25) is 5.52 Å². The van der Waals surface area contributed by atoms with Crippen LogP contribution >= 0.6 is 8.15 Å². The van der Waals surface area contributed by atoms with Gasteiger partial charge in [-0.3, -0.25) is 4.79 Å². The molecule has 0 aliphatic carbocycles. The number of hydrogen-bond donors (Lipinski definition) is 2. The Morgan fingerprint density at radius 1 is 2.00 bits per heavy atom. The molecule has 0 aromatic heterocycles. The second kappa shape index (κ2) is 0.997. The average molecular weight is 105 g/mol. The topological polar surface area (TPSA) is 63.3 Å². The molecule has 1 saturated heterocycles. The molecule has 1 rings (SSSR count). The molecule has 4 heteroatoms. The minimum Gasteiger partial charge on any atom is -0.364 e. The Bertz CT molecular complexity index is 83.5. The SMILES string of the molecule is NC1C(=O)P1O. The molecule has 1 fully saturated rings. The molecule has 6 heavy (non-hydrogen) atoms. The molecule has 1 heterocycles. The van der Waals surface area contributed by atoms with Crippen LogP contribution in [-0.2, 0) is 4.79 Å². The Labute approximate surface area is 36.0 Å². The van der Waals surface area contributed by atoms with Gasteiger partial charge in [-0.15, -0.1) is 0 Å². The first-order valence-corrected chi connectivity index (χ1v) is 2.87. The van der Waals surface area contributed by atoms with E-state index in [1.165, 1.54) is 0 Å². The van der Waals surface area contributed by atoms with Gasteiger partial charge in [-0.05, 0) is 0 Å². The van der Waals surface area contributed by atoms with Crippen molar-refractivity contribution in [3.8, 4) is 0 Å². The van der Waals surface area contributed by atoms with Crippen molar-refractivity contribution in [1.82, 2.24) is 0 Å². The summed E-state index contributed by atoms with van der Waals surface area (Å²) in [5, 5.41) is 0. The Morgan fingerprint density at radius 2 is 2.17 bits per heavy atom. The second-order valence-corrected chi connectivity index (χ2v) is 2.81. The van der Waals surface area contributed by atoms with Crippen LogP contribution < -0.4 is 5.73 Å². The van der Waals surface area contributed by atoms with Gasteiger partial charge in [-0.1, -0.05) is 0 Å². The summed E-state index contributed by atoms with van der Waals surface area (Å²) in [6, 6.07) is 0. The van der Waals surface area contributed by atoms with E-state index in [2.05, 4.69) is 0 Å². The molecular weight excluding hydrogens is 101 g/mol. The van der Waals surface area contributed by atoms with Crippen LogP contribution in [0.25, 0.3) is 0 Å². The molecule has 0 aromatic rings. The van der Waals surface area contributed by atoms with Crippen molar-refractivity contribution in [2.75, 3.05) is 0 Å². The fourth-order valence-corrected chi connectivity index (χ4v) is 0.703. The molecule has 1 aliphatic rings. The Kier molecular flexibility index (Phi) is 0.696. The third-order valence-electron chi connectivity index (χ3n) is 0.675. The van der Waals surface area contributed by atoms with E-state index in [0.29, 0.717) is 0 Å². The zero-order chi connectivity index (χ0) is 4.73. The monoisotopic (exact) mass is 105 g/mol. The number of nitrogens with two attached hydrogens (primary N) is 1. The number of carbonyl (C=O) groups is 1. The highest BCUT2D eigenvalue weighted by Gasteiger charge is 2.45. The molecule has 1 aliphatic heterocycles. The average Bonchev–Trinajstić information content (AvgIpc) is 1.94. The highest BCUT2D eigenvalue weighted by Crippen LogP contribution is 2.53. The second-order valence-electron chi connectivity index (χ2n) is 1.13. The summed E-state index contributed by atoms with van der Waals surface area (Å²) in [4.78, 5) is 18.2. The molecule has 34 valence electrons. The zero-order valence-corrected chi connectivity index (χ0v) is 3.85. The molecule has 0 spiro atoms. The molecule has 0 saturated carbocycles. The summed E-state index contributed by atoms with van der Waals surface area (Å²) in [7, 11) is -1.35. The molecule has 3 nitrogen and oxygen atoms in total. The quantitative estimate of drug-likeness (QED) is 0.396. The van der Waals surface area contributed by atoms with Gasteiger partial charge >= 0.3 is 0 Å². The fraction of sp³-hybridized carbons (Fsp3) is 0.500. The van der Waals surface area contributed by atoms with Crippen molar-refractivity contribution < 1.29 is 9.69 Å². The minimum atomic E-state index is -1.35. The van der Waals surface area contributed by atoms with Crippen LogP contribution in [0.1, 0.15) is 0 Å². The van der Waals surface area contributed by atoms with E-state index in [4.69, 9.17) is 10.6 Å². The van der Waals surface area contributed by atoms with Gasteiger partial charge in [0.15, 0.2) is 0 Å². The van der Waals surface area contributed by atoms with E-state index in [1.54, 1.807) is 0 Å². The molecule has 2 atom stereocenters. The number of rotatable bonds is 0. The first-order chi connectivity index (χ1) is 2.73. The van der Waals surface area contributed by atoms with Crippen molar-refractivity contribution in [2.45, 2.75) is 5.78 Å². The van der Waals surface area contributed by atoms with Crippen LogP contribution in [0.5, 0.6) is 0 Å². The molecule has 0 bridgehead atoms. The van der Waals surface area contributed by atoms with Gasteiger partial charge in [0.05, 0.1) is 0 Å². The van der Waals surface area contributed by atoms with Gasteiger partial charge in [0.1, 0.15) is 13.9 Å². The van der Waals surface area contributed by atoms with E-state index in [9.17, 15) is 4.79 Å². The molecule has 0 aromatic carbocycles. The largest absolute Gasteiger partial charge is 0.364 e. The van der Waals surface area contributed by atoms with Crippen LogP contribution in [0.15, 0.2) is 0 Å². The lowest BCUT2D eigenvalue weighted by Gasteiger charge is -1.64. The highest BCUT2D eigenvalue weighted by molar-refractivity contribution is 7.83. The van der Waals surface area contributed by atoms with Crippen LogP contribution in [0.4, 0.5) is 0 Å². The molecule has 0 amide bonds. The van der Waals surface area contributed by atoms with Crippen LogP contribution in [-0.4, -0.2) is 16.2 Å². The maximum absolute atomic E-state index is 9.87. The maximum Gasteiger partial charge on any atom is 0.207 e. The fourth-order valence-electron chi connectivity index (χ4n) is 0.183. The smallest absolute Gasteiger partial charge is 0.207 e. The number of hydrogen-bond acceptors (Lipinski definition) is 3.